The van der Waals surface area contributed by atoms with Gasteiger partial charge in [0.15, 0.2) is 0 Å². The average molecular weight is 241 g/mol. The van der Waals surface area contributed by atoms with E-state index in [9.17, 15) is 14.3 Å². The Labute approximate surface area is 99.4 Å². The number of carbonyl (C=O) groups excluding carboxylic acids is 1. The van der Waals surface area contributed by atoms with Gasteiger partial charge in [-0.05, 0) is 24.6 Å². The smallest absolute Gasteiger partial charge is 0.251 e. The summed E-state index contributed by atoms with van der Waals surface area (Å²) in [6.45, 7) is 0.551. The van der Waals surface area contributed by atoms with Crippen molar-refractivity contribution >= 4 is 5.91 Å². The average Bonchev–Trinajstić information content (AvgIpc) is 2.29. The lowest BCUT2D eigenvalue weighted by Crippen LogP contribution is -2.28. The van der Waals surface area contributed by atoms with E-state index < -0.39 is 11.9 Å². The number of rotatable bonds is 6. The zero-order valence-electron chi connectivity index (χ0n) is 9.65. The van der Waals surface area contributed by atoms with Crippen molar-refractivity contribution in [2.24, 2.45) is 0 Å². The molecule has 2 N–H and O–H groups in total. The SMILES string of the molecule is COCC(O)CCNC(=O)c1cccc(F)c1. The zero-order valence-corrected chi connectivity index (χ0v) is 9.65. The van der Waals surface area contributed by atoms with Crippen molar-refractivity contribution in [2.45, 2.75) is 12.5 Å². The third-order valence-electron chi connectivity index (χ3n) is 2.21. The van der Waals surface area contributed by atoms with Crippen LogP contribution in [0.2, 0.25) is 0 Å². The summed E-state index contributed by atoms with van der Waals surface area (Å²) in [4.78, 5) is 11.5. The maximum absolute atomic E-state index is 12.8. The molecule has 0 spiro atoms. The zero-order chi connectivity index (χ0) is 12.7. The Kier molecular flexibility index (Phi) is 5.59. The number of aliphatic hydroxyl groups excluding tert-OH is 1. The number of carbonyl (C=O) groups is 1. The number of hydrogen-bond donors (Lipinski definition) is 2. The second kappa shape index (κ2) is 6.98. The normalized spacial score (nSPS) is 12.2. The second-order valence-corrected chi connectivity index (χ2v) is 3.66. The fraction of sp³-hybridized carbons (Fsp3) is 0.417. The van der Waals surface area contributed by atoms with Crippen LogP contribution in [0.3, 0.4) is 0 Å². The third-order valence-corrected chi connectivity index (χ3v) is 2.21. The van der Waals surface area contributed by atoms with Gasteiger partial charge in [0.25, 0.3) is 5.91 Å². The predicted octanol–water partition coefficient (Wildman–Crippen LogP) is 0.953. The van der Waals surface area contributed by atoms with Gasteiger partial charge in [-0.2, -0.15) is 0 Å². The highest BCUT2D eigenvalue weighted by Gasteiger charge is 2.07. The molecular formula is C12H16FNO3. The Bertz CT molecular complexity index is 371. The molecule has 0 heterocycles. The number of hydrogen-bond acceptors (Lipinski definition) is 3. The molecule has 0 fully saturated rings. The minimum atomic E-state index is -0.604. The number of aliphatic hydroxyl groups is 1. The van der Waals surface area contributed by atoms with Crippen molar-refractivity contribution in [1.29, 1.82) is 0 Å². The molecule has 1 amide bonds. The molecule has 1 atom stereocenters. The second-order valence-electron chi connectivity index (χ2n) is 3.66. The number of amides is 1. The minimum absolute atomic E-state index is 0.232. The quantitative estimate of drug-likeness (QED) is 0.779. The summed E-state index contributed by atoms with van der Waals surface area (Å²) in [5.41, 5.74) is 0.270. The molecule has 0 aliphatic rings. The van der Waals surface area contributed by atoms with Gasteiger partial charge in [0.1, 0.15) is 5.82 Å². The first-order chi connectivity index (χ1) is 8.13. The van der Waals surface area contributed by atoms with Gasteiger partial charge in [-0.1, -0.05) is 6.07 Å². The molecule has 1 unspecified atom stereocenters. The van der Waals surface area contributed by atoms with Gasteiger partial charge in [0.05, 0.1) is 12.7 Å². The Hall–Kier alpha value is -1.46. The first-order valence-electron chi connectivity index (χ1n) is 5.34. The van der Waals surface area contributed by atoms with Crippen LogP contribution >= 0.6 is 0 Å². The molecule has 17 heavy (non-hydrogen) atoms. The molecule has 0 aromatic heterocycles. The topological polar surface area (TPSA) is 58.6 Å². The highest BCUT2D eigenvalue weighted by Crippen LogP contribution is 2.03. The molecule has 0 aliphatic heterocycles. The fourth-order valence-electron chi connectivity index (χ4n) is 1.36. The van der Waals surface area contributed by atoms with Crippen LogP contribution < -0.4 is 5.32 Å². The van der Waals surface area contributed by atoms with Crippen LogP contribution in [0.25, 0.3) is 0 Å². The Morgan fingerprint density at radius 1 is 1.59 bits per heavy atom. The molecule has 1 aromatic rings. The number of nitrogens with one attached hydrogen (secondary N) is 1. The number of ether oxygens (including phenoxy) is 1. The molecule has 0 radical (unpaired) electrons. The standard InChI is InChI=1S/C12H16FNO3/c1-17-8-11(15)5-6-14-12(16)9-3-2-4-10(13)7-9/h2-4,7,11,15H,5-6,8H2,1H3,(H,14,16). The van der Waals surface area contributed by atoms with E-state index in [1.54, 1.807) is 0 Å². The summed E-state index contributed by atoms with van der Waals surface area (Å²) < 4.78 is 17.6. The van der Waals surface area contributed by atoms with Gasteiger partial charge < -0.3 is 15.2 Å². The van der Waals surface area contributed by atoms with Crippen molar-refractivity contribution in [3.8, 4) is 0 Å². The lowest BCUT2D eigenvalue weighted by molar-refractivity contribution is 0.0587. The maximum Gasteiger partial charge on any atom is 0.251 e. The van der Waals surface area contributed by atoms with Crippen LogP contribution in [0.5, 0.6) is 0 Å². The highest BCUT2D eigenvalue weighted by molar-refractivity contribution is 5.94. The van der Waals surface area contributed by atoms with E-state index in [1.807, 2.05) is 0 Å². The van der Waals surface area contributed by atoms with Crippen molar-refractivity contribution in [1.82, 2.24) is 5.32 Å². The predicted molar refractivity (Wildman–Crippen MR) is 61.2 cm³/mol. The molecule has 1 rings (SSSR count). The van der Waals surface area contributed by atoms with Crippen LogP contribution in [0.4, 0.5) is 4.39 Å². The van der Waals surface area contributed by atoms with Crippen LogP contribution in [0, 0.1) is 5.82 Å². The largest absolute Gasteiger partial charge is 0.391 e. The summed E-state index contributed by atoms with van der Waals surface area (Å²) in [6.07, 6.45) is -0.206. The van der Waals surface area contributed by atoms with Gasteiger partial charge in [-0.3, -0.25) is 4.79 Å². The molecule has 1 aromatic carbocycles. The van der Waals surface area contributed by atoms with E-state index in [-0.39, 0.29) is 18.1 Å². The minimum Gasteiger partial charge on any atom is -0.391 e. The van der Waals surface area contributed by atoms with Gasteiger partial charge in [0.2, 0.25) is 0 Å². The number of benzene rings is 1. The Morgan fingerprint density at radius 3 is 3.00 bits per heavy atom. The lowest BCUT2D eigenvalue weighted by atomic mass is 10.2. The summed E-state index contributed by atoms with van der Waals surface area (Å²) in [6, 6.07) is 5.45. The van der Waals surface area contributed by atoms with E-state index in [2.05, 4.69) is 5.32 Å². The van der Waals surface area contributed by atoms with E-state index in [1.165, 1.54) is 31.4 Å². The first kappa shape index (κ1) is 13.6. The summed E-state index contributed by atoms with van der Waals surface area (Å²) >= 11 is 0. The fourth-order valence-corrected chi connectivity index (χ4v) is 1.36. The monoisotopic (exact) mass is 241 g/mol. The van der Waals surface area contributed by atoms with Crippen molar-refractivity contribution in [3.63, 3.8) is 0 Å². The summed E-state index contributed by atoms with van der Waals surface area (Å²) in [5.74, 6) is -0.800. The first-order valence-corrected chi connectivity index (χ1v) is 5.34. The van der Waals surface area contributed by atoms with Crippen LogP contribution in [-0.2, 0) is 4.74 Å². The summed E-state index contributed by atoms with van der Waals surface area (Å²) in [7, 11) is 1.49. The molecule has 0 saturated carbocycles. The van der Waals surface area contributed by atoms with Gasteiger partial charge in [0, 0.05) is 19.2 Å². The van der Waals surface area contributed by atoms with Crippen LogP contribution in [-0.4, -0.2) is 37.4 Å². The van der Waals surface area contributed by atoms with Gasteiger partial charge >= 0.3 is 0 Å². The third kappa shape index (κ3) is 4.93. The van der Waals surface area contributed by atoms with Gasteiger partial charge in [-0.25, -0.2) is 4.39 Å². The molecule has 94 valence electrons. The molecule has 0 bridgehead atoms. The number of methoxy groups -OCH3 is 1. The molecule has 0 saturated heterocycles. The molecule has 0 aliphatic carbocycles. The van der Waals surface area contributed by atoms with E-state index in [4.69, 9.17) is 4.74 Å². The highest BCUT2D eigenvalue weighted by atomic mass is 19.1. The molecule has 4 nitrogen and oxygen atoms in total. The maximum atomic E-state index is 12.8. The number of halogens is 1. The Balaban J connectivity index is 2.35. The van der Waals surface area contributed by atoms with Crippen LogP contribution in [0.1, 0.15) is 16.8 Å². The lowest BCUT2D eigenvalue weighted by Gasteiger charge is -2.10. The molecule has 5 heteroatoms. The molecular weight excluding hydrogens is 225 g/mol. The van der Waals surface area contributed by atoms with Crippen molar-refractivity contribution < 1.29 is 19.0 Å². The van der Waals surface area contributed by atoms with Crippen molar-refractivity contribution in [3.05, 3.63) is 35.6 Å². The van der Waals surface area contributed by atoms with E-state index in [0.717, 1.165) is 0 Å². The van der Waals surface area contributed by atoms with Crippen molar-refractivity contribution in [2.75, 3.05) is 20.3 Å². The van der Waals surface area contributed by atoms with Gasteiger partial charge in [-0.15, -0.1) is 0 Å². The van der Waals surface area contributed by atoms with E-state index >= 15 is 0 Å². The Morgan fingerprint density at radius 2 is 2.35 bits per heavy atom. The van der Waals surface area contributed by atoms with Crippen LogP contribution in [0.15, 0.2) is 24.3 Å². The van der Waals surface area contributed by atoms with E-state index in [0.29, 0.717) is 13.0 Å². The summed E-state index contributed by atoms with van der Waals surface area (Å²) in [5, 5.41) is 11.9.